The number of aliphatic carboxylic acids is 1. The van der Waals surface area contributed by atoms with Crippen molar-refractivity contribution in [2.75, 3.05) is 6.54 Å². The number of ether oxygens (including phenoxy) is 1. The molecule has 11 heteroatoms. The number of rotatable bonds is 12. The molecule has 3 amide bonds. The number of amides is 3. The molecule has 4 rings (SSSR count). The van der Waals surface area contributed by atoms with Crippen LogP contribution in [0.5, 0.6) is 0 Å². The molecule has 1 saturated heterocycles. The van der Waals surface area contributed by atoms with Gasteiger partial charge < -0.3 is 25.8 Å². The van der Waals surface area contributed by atoms with Crippen molar-refractivity contribution in [3.8, 4) is 0 Å². The number of carbonyl (C=O) groups is 4. The van der Waals surface area contributed by atoms with Crippen LogP contribution in [-0.4, -0.2) is 47.6 Å². The van der Waals surface area contributed by atoms with Gasteiger partial charge in [0.2, 0.25) is 11.8 Å². The second kappa shape index (κ2) is 14.9. The molecule has 2 fully saturated rings. The maximum atomic E-state index is 13.8. The van der Waals surface area contributed by atoms with Crippen LogP contribution in [0, 0.1) is 17.7 Å². The van der Waals surface area contributed by atoms with Crippen LogP contribution in [0.1, 0.15) is 82.4 Å². The topological polar surface area (TPSA) is 134 Å². The van der Waals surface area contributed by atoms with E-state index in [1.807, 2.05) is 19.9 Å². The number of carboxylic acid groups (broad SMARTS) is 1. The third kappa shape index (κ3) is 8.71. The van der Waals surface area contributed by atoms with Crippen LogP contribution in [0.15, 0.2) is 48.5 Å². The fourth-order valence-electron chi connectivity index (χ4n) is 6.34. The van der Waals surface area contributed by atoms with E-state index in [0.717, 1.165) is 37.7 Å². The van der Waals surface area contributed by atoms with E-state index in [-0.39, 0.29) is 11.8 Å². The third-order valence-corrected chi connectivity index (χ3v) is 9.06. The molecule has 2 aromatic carbocycles. The average Bonchev–Trinajstić information content (AvgIpc) is 3.41. The third-order valence-electron chi connectivity index (χ3n) is 8.82. The number of hydrogen-bond acceptors (Lipinski definition) is 5. The van der Waals surface area contributed by atoms with E-state index in [4.69, 9.17) is 16.3 Å². The summed E-state index contributed by atoms with van der Waals surface area (Å²) in [5.41, 5.74) is 0.521. The van der Waals surface area contributed by atoms with Gasteiger partial charge in [-0.2, -0.15) is 0 Å². The summed E-state index contributed by atoms with van der Waals surface area (Å²) in [5.74, 6) is -2.95. The Morgan fingerprint density at radius 1 is 1.07 bits per heavy atom. The number of halogens is 2. The molecule has 44 heavy (non-hydrogen) atoms. The predicted molar refractivity (Wildman–Crippen MR) is 164 cm³/mol. The van der Waals surface area contributed by atoms with Crippen molar-refractivity contribution in [3.05, 3.63) is 70.5 Å². The molecule has 0 aromatic heterocycles. The molecular weight excluding hydrogens is 589 g/mol. The van der Waals surface area contributed by atoms with Crippen molar-refractivity contribution < 1.29 is 33.4 Å². The van der Waals surface area contributed by atoms with Gasteiger partial charge in [-0.15, -0.1) is 0 Å². The first-order chi connectivity index (χ1) is 20.9. The summed E-state index contributed by atoms with van der Waals surface area (Å²) in [4.78, 5) is 51.3. The van der Waals surface area contributed by atoms with Crippen molar-refractivity contribution in [3.63, 3.8) is 0 Å². The molecule has 1 aliphatic carbocycles. The van der Waals surface area contributed by atoms with Gasteiger partial charge in [0.1, 0.15) is 18.0 Å². The van der Waals surface area contributed by atoms with Crippen LogP contribution in [0.4, 0.5) is 9.18 Å². The molecule has 2 aromatic rings. The Bertz CT molecular complexity index is 1330. The molecule has 0 bridgehead atoms. The lowest BCUT2D eigenvalue weighted by Gasteiger charge is -2.35. The van der Waals surface area contributed by atoms with Crippen LogP contribution in [0.25, 0.3) is 0 Å². The highest BCUT2D eigenvalue weighted by molar-refractivity contribution is 6.30. The molecule has 1 saturated carbocycles. The van der Waals surface area contributed by atoms with Gasteiger partial charge in [-0.1, -0.05) is 81.8 Å². The number of alkyl carbamates (subject to hydrolysis) is 1. The van der Waals surface area contributed by atoms with E-state index in [0.29, 0.717) is 30.0 Å². The summed E-state index contributed by atoms with van der Waals surface area (Å²) in [5, 5.41) is 18.2. The highest BCUT2D eigenvalue weighted by Gasteiger charge is 2.39. The Balaban J connectivity index is 1.58. The monoisotopic (exact) mass is 629 g/mol. The maximum absolute atomic E-state index is 13.8. The minimum atomic E-state index is -1.14. The van der Waals surface area contributed by atoms with E-state index in [2.05, 4.69) is 16.0 Å². The Labute approximate surface area is 262 Å². The highest BCUT2D eigenvalue weighted by Crippen LogP contribution is 2.40. The number of carbonyl (C=O) groups excluding carboxylic acids is 3. The molecule has 1 heterocycles. The lowest BCUT2D eigenvalue weighted by atomic mass is 9.76. The van der Waals surface area contributed by atoms with Gasteiger partial charge in [-0.3, -0.25) is 14.4 Å². The van der Waals surface area contributed by atoms with Crippen LogP contribution in [-0.2, 0) is 24.5 Å². The summed E-state index contributed by atoms with van der Waals surface area (Å²) in [6, 6.07) is 10.9. The van der Waals surface area contributed by atoms with Crippen LogP contribution < -0.4 is 16.0 Å². The number of carboxylic acids is 1. The van der Waals surface area contributed by atoms with Gasteiger partial charge in [-0.05, 0) is 54.2 Å². The molecule has 9 nitrogen and oxygen atoms in total. The van der Waals surface area contributed by atoms with Gasteiger partial charge >= 0.3 is 12.1 Å². The van der Waals surface area contributed by atoms with Gasteiger partial charge in [0, 0.05) is 17.0 Å². The van der Waals surface area contributed by atoms with E-state index < -0.39 is 59.7 Å². The molecule has 0 radical (unpaired) electrons. The standard InChI is InChI=1S/C33H41ClFN3O6/c1-33(2,22-9-6-10-23(34)18-22)29(21-11-13-24(35)14-12-21)44-32(43)38-27(17-20-7-4-3-5-8-20)31(42)37-26(19-28(39)40)25-15-16-36-30(25)41/h6,9-14,18,20,25-27,29H,3-5,7-8,15-17,19H2,1-2H3,(H,36,41)(H,37,42)(H,38,43)(H,39,40)/t25-,26?,27-,29?/m0/s1. The van der Waals surface area contributed by atoms with Crippen LogP contribution in [0.3, 0.4) is 0 Å². The zero-order valence-corrected chi connectivity index (χ0v) is 25.9. The van der Waals surface area contributed by atoms with E-state index >= 15 is 0 Å². The second-order valence-electron chi connectivity index (χ2n) is 12.4. The zero-order valence-electron chi connectivity index (χ0n) is 25.1. The SMILES string of the molecule is CC(C)(c1cccc(Cl)c1)C(OC(=O)N[C@@H](CC1CCCCC1)C(=O)NC(CC(=O)O)[C@@H]1CCNC1=O)c1ccc(F)cc1. The fourth-order valence-corrected chi connectivity index (χ4v) is 6.53. The summed E-state index contributed by atoms with van der Waals surface area (Å²) < 4.78 is 19.9. The van der Waals surface area contributed by atoms with Crippen molar-refractivity contribution in [2.24, 2.45) is 11.8 Å². The van der Waals surface area contributed by atoms with Crippen molar-refractivity contribution >= 4 is 35.5 Å². The maximum Gasteiger partial charge on any atom is 0.408 e. The van der Waals surface area contributed by atoms with Crippen LogP contribution >= 0.6 is 11.6 Å². The molecule has 2 unspecified atom stereocenters. The van der Waals surface area contributed by atoms with Crippen molar-refractivity contribution in [1.82, 2.24) is 16.0 Å². The Morgan fingerprint density at radius 2 is 1.77 bits per heavy atom. The first-order valence-corrected chi connectivity index (χ1v) is 15.6. The van der Waals surface area contributed by atoms with Gasteiger partial charge in [0.05, 0.1) is 18.4 Å². The largest absolute Gasteiger partial charge is 0.481 e. The summed E-state index contributed by atoms with van der Waals surface area (Å²) in [7, 11) is 0. The quantitative estimate of drug-likeness (QED) is 0.239. The Hall–Kier alpha value is -3.66. The second-order valence-corrected chi connectivity index (χ2v) is 12.8. The molecule has 1 aliphatic heterocycles. The Kier molecular flexibility index (Phi) is 11.2. The van der Waals surface area contributed by atoms with E-state index in [1.165, 1.54) is 12.1 Å². The first-order valence-electron chi connectivity index (χ1n) is 15.2. The molecule has 0 spiro atoms. The lowest BCUT2D eigenvalue weighted by Crippen LogP contribution is -2.53. The molecule has 238 valence electrons. The van der Waals surface area contributed by atoms with E-state index in [9.17, 15) is 28.7 Å². The summed E-state index contributed by atoms with van der Waals surface area (Å²) in [6.45, 7) is 4.17. The van der Waals surface area contributed by atoms with Crippen molar-refractivity contribution in [1.29, 1.82) is 0 Å². The highest BCUT2D eigenvalue weighted by atomic mass is 35.5. The zero-order chi connectivity index (χ0) is 31.9. The normalized spacial score (nSPS) is 19.4. The molecule has 2 aliphatic rings. The predicted octanol–water partition coefficient (Wildman–Crippen LogP) is 5.66. The minimum absolute atomic E-state index is 0.184. The molecular formula is C33H41ClFN3O6. The first kappa shape index (κ1) is 33.2. The fraction of sp³-hybridized carbons (Fsp3) is 0.515. The minimum Gasteiger partial charge on any atom is -0.481 e. The van der Waals surface area contributed by atoms with Gasteiger partial charge in [0.25, 0.3) is 0 Å². The lowest BCUT2D eigenvalue weighted by molar-refractivity contribution is -0.138. The summed E-state index contributed by atoms with van der Waals surface area (Å²) >= 11 is 6.28. The number of benzene rings is 2. The smallest absolute Gasteiger partial charge is 0.408 e. The molecule has 4 atom stereocenters. The van der Waals surface area contributed by atoms with Crippen molar-refractivity contribution in [2.45, 2.75) is 88.8 Å². The van der Waals surface area contributed by atoms with E-state index in [1.54, 1.807) is 30.3 Å². The van der Waals surface area contributed by atoms with Gasteiger partial charge in [0.15, 0.2) is 0 Å². The average molecular weight is 630 g/mol. The van der Waals surface area contributed by atoms with Gasteiger partial charge in [-0.25, -0.2) is 9.18 Å². The summed E-state index contributed by atoms with van der Waals surface area (Å²) in [6.07, 6.45) is 3.55. The number of nitrogens with one attached hydrogen (secondary N) is 3. The molecule has 4 N–H and O–H groups in total. The van der Waals surface area contributed by atoms with Crippen LogP contribution in [0.2, 0.25) is 5.02 Å². The Morgan fingerprint density at radius 3 is 2.39 bits per heavy atom. The number of hydrogen-bond donors (Lipinski definition) is 4.